The van der Waals surface area contributed by atoms with Gasteiger partial charge in [0.15, 0.2) is 0 Å². The Bertz CT molecular complexity index is 427. The number of nitrogen functional groups attached to an aromatic ring is 1. The molecule has 0 saturated heterocycles. The van der Waals surface area contributed by atoms with E-state index in [0.29, 0.717) is 5.69 Å². The molecule has 0 saturated carbocycles. The molecule has 19 heavy (non-hydrogen) atoms. The summed E-state index contributed by atoms with van der Waals surface area (Å²) in [6, 6.07) is 7.69. The molecule has 3 nitrogen and oxygen atoms in total. The Kier molecular flexibility index (Phi) is 6.72. The van der Waals surface area contributed by atoms with Crippen molar-refractivity contribution in [2.24, 2.45) is 0 Å². The summed E-state index contributed by atoms with van der Waals surface area (Å²) in [5, 5.41) is 2.97. The van der Waals surface area contributed by atoms with Gasteiger partial charge in [0, 0.05) is 17.8 Å². The molecule has 0 radical (unpaired) electrons. The first-order chi connectivity index (χ1) is 9.11. The van der Waals surface area contributed by atoms with Crippen LogP contribution in [0.5, 0.6) is 0 Å². The molecule has 0 bridgehead atoms. The number of carbonyl (C=O) groups is 1. The lowest BCUT2D eigenvalue weighted by Gasteiger charge is -2.11. The number of rotatable bonds is 7. The Morgan fingerprint density at radius 3 is 2.89 bits per heavy atom. The third-order valence-electron chi connectivity index (χ3n) is 2.97. The molecule has 104 valence electrons. The van der Waals surface area contributed by atoms with Crippen molar-refractivity contribution >= 4 is 17.7 Å². The minimum absolute atomic E-state index is 0.0496. The smallest absolute Gasteiger partial charge is 0.244 e. The average Bonchev–Trinajstić information content (AvgIpc) is 2.37. The van der Waals surface area contributed by atoms with Crippen LogP contribution >= 0.6 is 0 Å². The Balaban J connectivity index is 2.38. The Labute approximate surface area is 115 Å². The SMILES string of the molecule is CCCCCC(C)NC(=O)/C=C/c1cccc(N)c1. The first kappa shape index (κ1) is 15.3. The number of amides is 1. The fraction of sp³-hybridized carbons (Fsp3) is 0.438. The minimum Gasteiger partial charge on any atom is -0.399 e. The van der Waals surface area contributed by atoms with Gasteiger partial charge < -0.3 is 11.1 Å². The van der Waals surface area contributed by atoms with Gasteiger partial charge in [0.05, 0.1) is 0 Å². The molecule has 3 heteroatoms. The highest BCUT2D eigenvalue weighted by Crippen LogP contribution is 2.08. The van der Waals surface area contributed by atoms with E-state index in [0.717, 1.165) is 18.4 Å². The first-order valence-electron chi connectivity index (χ1n) is 6.96. The van der Waals surface area contributed by atoms with Crippen LogP contribution < -0.4 is 11.1 Å². The highest BCUT2D eigenvalue weighted by Gasteiger charge is 2.03. The van der Waals surface area contributed by atoms with Crippen LogP contribution in [-0.2, 0) is 4.79 Å². The number of unbranched alkanes of at least 4 members (excludes halogenated alkanes) is 2. The maximum absolute atomic E-state index is 11.7. The Morgan fingerprint density at radius 1 is 1.42 bits per heavy atom. The summed E-state index contributed by atoms with van der Waals surface area (Å²) in [6.45, 7) is 4.22. The van der Waals surface area contributed by atoms with Gasteiger partial charge in [-0.2, -0.15) is 0 Å². The van der Waals surface area contributed by atoms with Gasteiger partial charge >= 0.3 is 0 Å². The van der Waals surface area contributed by atoms with Crippen molar-refractivity contribution in [3.63, 3.8) is 0 Å². The molecule has 1 rings (SSSR count). The molecule has 3 N–H and O–H groups in total. The molecule has 1 aromatic rings. The lowest BCUT2D eigenvalue weighted by molar-refractivity contribution is -0.117. The fourth-order valence-electron chi connectivity index (χ4n) is 1.90. The van der Waals surface area contributed by atoms with Gasteiger partial charge in [0.25, 0.3) is 0 Å². The number of hydrogen-bond donors (Lipinski definition) is 2. The van der Waals surface area contributed by atoms with Gasteiger partial charge in [0.1, 0.15) is 0 Å². The van der Waals surface area contributed by atoms with Crippen LogP contribution in [0.1, 0.15) is 45.1 Å². The van der Waals surface area contributed by atoms with Crippen LogP contribution in [0, 0.1) is 0 Å². The van der Waals surface area contributed by atoms with E-state index in [1.54, 1.807) is 12.2 Å². The minimum atomic E-state index is -0.0496. The highest BCUT2D eigenvalue weighted by atomic mass is 16.1. The number of carbonyl (C=O) groups excluding carboxylic acids is 1. The van der Waals surface area contributed by atoms with Gasteiger partial charge in [-0.25, -0.2) is 0 Å². The molecule has 1 amide bonds. The molecule has 0 aliphatic heterocycles. The van der Waals surface area contributed by atoms with Crippen LogP contribution in [0.3, 0.4) is 0 Å². The number of nitrogens with one attached hydrogen (secondary N) is 1. The number of anilines is 1. The number of nitrogens with two attached hydrogens (primary N) is 1. The van der Waals surface area contributed by atoms with Gasteiger partial charge in [-0.1, -0.05) is 38.3 Å². The summed E-state index contributed by atoms with van der Waals surface area (Å²) < 4.78 is 0. The van der Waals surface area contributed by atoms with Crippen LogP contribution in [0.25, 0.3) is 6.08 Å². The fourth-order valence-corrected chi connectivity index (χ4v) is 1.90. The quantitative estimate of drug-likeness (QED) is 0.448. The van der Waals surface area contributed by atoms with Crippen LogP contribution in [0.4, 0.5) is 5.69 Å². The number of hydrogen-bond acceptors (Lipinski definition) is 2. The van der Waals surface area contributed by atoms with Crippen molar-refractivity contribution in [1.82, 2.24) is 5.32 Å². The van der Waals surface area contributed by atoms with E-state index in [-0.39, 0.29) is 11.9 Å². The monoisotopic (exact) mass is 260 g/mol. The predicted molar refractivity (Wildman–Crippen MR) is 81.6 cm³/mol. The Morgan fingerprint density at radius 2 is 2.21 bits per heavy atom. The van der Waals surface area contributed by atoms with Crippen LogP contribution in [-0.4, -0.2) is 11.9 Å². The van der Waals surface area contributed by atoms with Crippen LogP contribution in [0.2, 0.25) is 0 Å². The molecule has 0 aromatic heterocycles. The third kappa shape index (κ3) is 6.65. The summed E-state index contributed by atoms with van der Waals surface area (Å²) in [5.74, 6) is -0.0496. The first-order valence-corrected chi connectivity index (χ1v) is 6.96. The van der Waals surface area contributed by atoms with Crippen LogP contribution in [0.15, 0.2) is 30.3 Å². The molecule has 0 spiro atoms. The molecule has 0 heterocycles. The van der Waals surface area contributed by atoms with E-state index >= 15 is 0 Å². The van der Waals surface area contributed by atoms with E-state index in [2.05, 4.69) is 12.2 Å². The predicted octanol–water partition coefficient (Wildman–Crippen LogP) is 3.37. The topological polar surface area (TPSA) is 55.1 Å². The maximum Gasteiger partial charge on any atom is 0.244 e. The Hall–Kier alpha value is -1.77. The second-order valence-corrected chi connectivity index (χ2v) is 4.91. The maximum atomic E-state index is 11.7. The van der Waals surface area contributed by atoms with Gasteiger partial charge in [0.2, 0.25) is 5.91 Å². The summed E-state index contributed by atoms with van der Waals surface area (Å²) in [6.07, 6.45) is 7.97. The standard InChI is InChI=1S/C16H24N2O/c1-3-4-5-7-13(2)18-16(19)11-10-14-8-6-9-15(17)12-14/h6,8-13H,3-5,7,17H2,1-2H3,(H,18,19)/b11-10+. The molecular weight excluding hydrogens is 236 g/mol. The van der Waals surface area contributed by atoms with Crippen molar-refractivity contribution in [2.75, 3.05) is 5.73 Å². The van der Waals surface area contributed by atoms with Crippen molar-refractivity contribution in [1.29, 1.82) is 0 Å². The average molecular weight is 260 g/mol. The second kappa shape index (κ2) is 8.35. The van der Waals surface area contributed by atoms with E-state index < -0.39 is 0 Å². The van der Waals surface area contributed by atoms with E-state index in [1.165, 1.54) is 12.8 Å². The van der Waals surface area contributed by atoms with Gasteiger partial charge in [-0.3, -0.25) is 4.79 Å². The highest BCUT2D eigenvalue weighted by molar-refractivity contribution is 5.91. The molecule has 0 aliphatic carbocycles. The van der Waals surface area contributed by atoms with E-state index in [1.807, 2.05) is 31.2 Å². The summed E-state index contributed by atoms with van der Waals surface area (Å²) in [4.78, 5) is 11.7. The second-order valence-electron chi connectivity index (χ2n) is 4.91. The van der Waals surface area contributed by atoms with Gasteiger partial charge in [-0.15, -0.1) is 0 Å². The summed E-state index contributed by atoms with van der Waals surface area (Å²) >= 11 is 0. The molecule has 0 aliphatic rings. The van der Waals surface area contributed by atoms with E-state index in [9.17, 15) is 4.79 Å². The molecule has 1 unspecified atom stereocenters. The van der Waals surface area contributed by atoms with Gasteiger partial charge in [-0.05, 0) is 37.1 Å². The van der Waals surface area contributed by atoms with E-state index in [4.69, 9.17) is 5.73 Å². The lowest BCUT2D eigenvalue weighted by Crippen LogP contribution is -2.30. The molecular formula is C16H24N2O. The molecule has 1 atom stereocenters. The third-order valence-corrected chi connectivity index (χ3v) is 2.97. The van der Waals surface area contributed by atoms with Crippen molar-refractivity contribution in [2.45, 2.75) is 45.6 Å². The zero-order chi connectivity index (χ0) is 14.1. The van der Waals surface area contributed by atoms with Crippen molar-refractivity contribution in [3.8, 4) is 0 Å². The van der Waals surface area contributed by atoms with Crippen molar-refractivity contribution < 1.29 is 4.79 Å². The lowest BCUT2D eigenvalue weighted by atomic mass is 10.1. The van der Waals surface area contributed by atoms with Crippen molar-refractivity contribution in [3.05, 3.63) is 35.9 Å². The summed E-state index contributed by atoms with van der Waals surface area (Å²) in [5.41, 5.74) is 7.32. The zero-order valence-electron chi connectivity index (χ0n) is 11.9. The molecule has 1 aromatic carbocycles. The number of benzene rings is 1. The molecule has 0 fully saturated rings. The zero-order valence-corrected chi connectivity index (χ0v) is 11.9. The largest absolute Gasteiger partial charge is 0.399 e. The summed E-state index contributed by atoms with van der Waals surface area (Å²) in [7, 11) is 0. The normalized spacial score (nSPS) is 12.5.